The Kier molecular flexibility index (Phi) is 5.62. The van der Waals surface area contributed by atoms with Crippen LogP contribution in [0.15, 0.2) is 24.3 Å². The number of hydrogen-bond acceptors (Lipinski definition) is 3. The molecule has 1 fully saturated rings. The molecule has 1 aromatic carbocycles. The van der Waals surface area contributed by atoms with E-state index in [1.54, 1.807) is 24.3 Å². The molecule has 4 nitrogen and oxygen atoms in total. The lowest BCUT2D eigenvalue weighted by molar-refractivity contribution is 0.0697. The zero-order chi connectivity index (χ0) is 15.2. The van der Waals surface area contributed by atoms with Crippen LogP contribution >= 0.6 is 0 Å². The molecule has 0 radical (unpaired) electrons. The molecule has 2 rings (SSSR count). The maximum absolute atomic E-state index is 10.8. The Balaban J connectivity index is 1.69. The van der Waals surface area contributed by atoms with E-state index in [1.165, 1.54) is 12.8 Å². The molecular formula is C17H25NO3. The van der Waals surface area contributed by atoms with Gasteiger partial charge in [-0.15, -0.1) is 0 Å². The van der Waals surface area contributed by atoms with Gasteiger partial charge in [0.2, 0.25) is 0 Å². The van der Waals surface area contributed by atoms with Crippen LogP contribution in [-0.2, 0) is 0 Å². The minimum absolute atomic E-state index is 0.291. The van der Waals surface area contributed by atoms with Crippen molar-refractivity contribution in [3.8, 4) is 5.75 Å². The van der Waals surface area contributed by atoms with Crippen molar-refractivity contribution in [2.45, 2.75) is 39.2 Å². The van der Waals surface area contributed by atoms with E-state index < -0.39 is 5.97 Å². The van der Waals surface area contributed by atoms with Crippen molar-refractivity contribution in [3.63, 3.8) is 0 Å². The van der Waals surface area contributed by atoms with Gasteiger partial charge in [0.1, 0.15) is 5.75 Å². The Morgan fingerprint density at radius 3 is 2.52 bits per heavy atom. The molecule has 0 saturated heterocycles. The monoisotopic (exact) mass is 291 g/mol. The number of ether oxygens (including phenoxy) is 1. The summed E-state index contributed by atoms with van der Waals surface area (Å²) in [5.74, 6) is 0.534. The quantitative estimate of drug-likeness (QED) is 0.709. The first kappa shape index (κ1) is 15.8. The van der Waals surface area contributed by atoms with Crippen molar-refractivity contribution in [1.82, 2.24) is 4.90 Å². The standard InChI is InChI=1S/C17H25NO3/c1-13(2)12-18(15-6-7-15)10-3-11-21-16-8-4-14(5-9-16)17(19)20/h4-5,8-9,13,15H,3,6-7,10-12H2,1-2H3,(H,19,20). The Morgan fingerprint density at radius 1 is 1.33 bits per heavy atom. The summed E-state index contributed by atoms with van der Waals surface area (Å²) in [4.78, 5) is 13.3. The second-order valence-electron chi connectivity index (χ2n) is 6.15. The molecule has 21 heavy (non-hydrogen) atoms. The fourth-order valence-electron chi connectivity index (χ4n) is 2.48. The van der Waals surface area contributed by atoms with Gasteiger partial charge in [-0.25, -0.2) is 4.79 Å². The van der Waals surface area contributed by atoms with Crippen LogP contribution < -0.4 is 4.74 Å². The highest BCUT2D eigenvalue weighted by molar-refractivity contribution is 5.87. The smallest absolute Gasteiger partial charge is 0.335 e. The van der Waals surface area contributed by atoms with E-state index in [4.69, 9.17) is 9.84 Å². The molecule has 0 aliphatic heterocycles. The van der Waals surface area contributed by atoms with E-state index >= 15 is 0 Å². The molecule has 0 amide bonds. The SMILES string of the molecule is CC(C)CN(CCCOc1ccc(C(=O)O)cc1)C1CC1. The minimum Gasteiger partial charge on any atom is -0.494 e. The Bertz CT molecular complexity index is 452. The van der Waals surface area contributed by atoms with Crippen LogP contribution in [0.4, 0.5) is 0 Å². The van der Waals surface area contributed by atoms with Gasteiger partial charge in [0, 0.05) is 19.1 Å². The number of carboxylic acid groups (broad SMARTS) is 1. The molecule has 1 N–H and O–H groups in total. The lowest BCUT2D eigenvalue weighted by Crippen LogP contribution is -2.31. The van der Waals surface area contributed by atoms with Gasteiger partial charge in [0.15, 0.2) is 0 Å². The Hall–Kier alpha value is -1.55. The highest BCUT2D eigenvalue weighted by atomic mass is 16.5. The predicted molar refractivity (Wildman–Crippen MR) is 82.9 cm³/mol. The summed E-state index contributed by atoms with van der Waals surface area (Å²) in [5.41, 5.74) is 0.291. The third-order valence-corrected chi connectivity index (χ3v) is 3.62. The van der Waals surface area contributed by atoms with E-state index in [2.05, 4.69) is 18.7 Å². The van der Waals surface area contributed by atoms with E-state index in [0.29, 0.717) is 18.1 Å². The van der Waals surface area contributed by atoms with Crippen LogP contribution in [0.2, 0.25) is 0 Å². The van der Waals surface area contributed by atoms with Crippen molar-refractivity contribution < 1.29 is 14.6 Å². The molecule has 1 aromatic rings. The molecule has 1 saturated carbocycles. The first-order valence-corrected chi connectivity index (χ1v) is 7.76. The molecule has 1 aliphatic rings. The number of aromatic carboxylic acids is 1. The van der Waals surface area contributed by atoms with Crippen LogP contribution in [0.5, 0.6) is 5.75 Å². The number of carbonyl (C=O) groups is 1. The van der Waals surface area contributed by atoms with Gasteiger partial charge in [-0.05, 0) is 49.4 Å². The number of benzene rings is 1. The third kappa shape index (κ3) is 5.38. The van der Waals surface area contributed by atoms with Crippen molar-refractivity contribution in [1.29, 1.82) is 0 Å². The summed E-state index contributed by atoms with van der Waals surface area (Å²) in [6.45, 7) is 7.44. The summed E-state index contributed by atoms with van der Waals surface area (Å²) in [6, 6.07) is 7.38. The Labute approximate surface area is 126 Å². The van der Waals surface area contributed by atoms with Gasteiger partial charge < -0.3 is 14.7 Å². The van der Waals surface area contributed by atoms with Crippen LogP contribution in [0, 0.1) is 5.92 Å². The second kappa shape index (κ2) is 7.46. The van der Waals surface area contributed by atoms with Crippen molar-refractivity contribution in [2.75, 3.05) is 19.7 Å². The maximum atomic E-state index is 10.8. The molecule has 4 heteroatoms. The highest BCUT2D eigenvalue weighted by Gasteiger charge is 2.28. The number of carboxylic acids is 1. The molecule has 116 valence electrons. The largest absolute Gasteiger partial charge is 0.494 e. The second-order valence-corrected chi connectivity index (χ2v) is 6.15. The topological polar surface area (TPSA) is 49.8 Å². The van der Waals surface area contributed by atoms with Crippen LogP contribution in [0.3, 0.4) is 0 Å². The van der Waals surface area contributed by atoms with Crippen molar-refractivity contribution >= 4 is 5.97 Å². The van der Waals surface area contributed by atoms with Gasteiger partial charge in [0.25, 0.3) is 0 Å². The van der Waals surface area contributed by atoms with E-state index in [-0.39, 0.29) is 0 Å². The van der Waals surface area contributed by atoms with Gasteiger partial charge in [0.05, 0.1) is 12.2 Å². The normalized spacial score (nSPS) is 14.7. The van der Waals surface area contributed by atoms with Gasteiger partial charge in [-0.2, -0.15) is 0 Å². The van der Waals surface area contributed by atoms with Gasteiger partial charge in [-0.1, -0.05) is 13.8 Å². The minimum atomic E-state index is -0.907. The van der Waals surface area contributed by atoms with E-state index in [1.807, 2.05) is 0 Å². The van der Waals surface area contributed by atoms with Crippen molar-refractivity contribution in [2.24, 2.45) is 5.92 Å². The molecule has 0 spiro atoms. The highest BCUT2D eigenvalue weighted by Crippen LogP contribution is 2.27. The molecule has 0 atom stereocenters. The lowest BCUT2D eigenvalue weighted by atomic mass is 10.2. The number of rotatable bonds is 9. The number of hydrogen-bond donors (Lipinski definition) is 1. The van der Waals surface area contributed by atoms with Crippen LogP contribution in [-0.4, -0.2) is 41.7 Å². The van der Waals surface area contributed by atoms with Gasteiger partial charge >= 0.3 is 5.97 Å². The lowest BCUT2D eigenvalue weighted by Gasteiger charge is -2.23. The average Bonchev–Trinajstić information content (AvgIpc) is 3.27. The van der Waals surface area contributed by atoms with E-state index in [9.17, 15) is 4.79 Å². The average molecular weight is 291 g/mol. The molecule has 0 heterocycles. The maximum Gasteiger partial charge on any atom is 0.335 e. The fourth-order valence-corrected chi connectivity index (χ4v) is 2.48. The van der Waals surface area contributed by atoms with E-state index in [0.717, 1.165) is 31.3 Å². The molecule has 0 bridgehead atoms. The molecule has 0 unspecified atom stereocenters. The predicted octanol–water partition coefficient (Wildman–Crippen LogP) is 3.27. The van der Waals surface area contributed by atoms with Crippen molar-refractivity contribution in [3.05, 3.63) is 29.8 Å². The summed E-state index contributed by atoms with van der Waals surface area (Å²) >= 11 is 0. The fraction of sp³-hybridized carbons (Fsp3) is 0.588. The summed E-state index contributed by atoms with van der Waals surface area (Å²) in [5, 5.41) is 8.83. The molecule has 0 aromatic heterocycles. The zero-order valence-electron chi connectivity index (χ0n) is 12.9. The van der Waals surface area contributed by atoms with Crippen LogP contribution in [0.1, 0.15) is 43.5 Å². The Morgan fingerprint density at radius 2 is 2.00 bits per heavy atom. The zero-order valence-corrected chi connectivity index (χ0v) is 12.9. The third-order valence-electron chi connectivity index (χ3n) is 3.62. The molecular weight excluding hydrogens is 266 g/mol. The van der Waals surface area contributed by atoms with Gasteiger partial charge in [-0.3, -0.25) is 0 Å². The number of nitrogens with zero attached hydrogens (tertiary/aromatic N) is 1. The summed E-state index contributed by atoms with van der Waals surface area (Å²) in [6.07, 6.45) is 3.68. The van der Waals surface area contributed by atoms with Crippen LogP contribution in [0.25, 0.3) is 0 Å². The molecule has 1 aliphatic carbocycles. The first-order chi connectivity index (χ1) is 10.1. The summed E-state index contributed by atoms with van der Waals surface area (Å²) in [7, 11) is 0. The first-order valence-electron chi connectivity index (χ1n) is 7.76. The summed E-state index contributed by atoms with van der Waals surface area (Å²) < 4.78 is 5.68.